The van der Waals surface area contributed by atoms with E-state index in [1.165, 1.54) is 5.56 Å². The molecule has 2 atom stereocenters. The molecule has 24 heavy (non-hydrogen) atoms. The predicted octanol–water partition coefficient (Wildman–Crippen LogP) is 1.65. The summed E-state index contributed by atoms with van der Waals surface area (Å²) in [5.41, 5.74) is 8.44. The minimum absolute atomic E-state index is 0.0882. The van der Waals surface area contributed by atoms with E-state index in [0.717, 1.165) is 64.1 Å². The van der Waals surface area contributed by atoms with Gasteiger partial charge >= 0.3 is 0 Å². The topological polar surface area (TPSA) is 67.6 Å². The van der Waals surface area contributed by atoms with Crippen LogP contribution in [-0.4, -0.2) is 43.2 Å². The molecule has 5 heteroatoms. The highest BCUT2D eigenvalue weighted by atomic mass is 16.5. The summed E-state index contributed by atoms with van der Waals surface area (Å²) >= 11 is 0. The van der Waals surface area contributed by atoms with E-state index in [4.69, 9.17) is 10.5 Å². The lowest BCUT2D eigenvalue weighted by Crippen LogP contribution is -2.37. The zero-order valence-corrected chi connectivity index (χ0v) is 14.4. The SMILES string of the molecule is NC1CCCC(C(=O)NCc2cccc(CN3CCOCC3)c2)C1. The van der Waals surface area contributed by atoms with Crippen LogP contribution in [0.3, 0.4) is 0 Å². The molecule has 2 unspecified atom stereocenters. The van der Waals surface area contributed by atoms with Crippen molar-refractivity contribution in [3.8, 4) is 0 Å². The Morgan fingerprint density at radius 1 is 1.25 bits per heavy atom. The molecule has 1 saturated heterocycles. The van der Waals surface area contributed by atoms with E-state index in [-0.39, 0.29) is 17.9 Å². The summed E-state index contributed by atoms with van der Waals surface area (Å²) in [7, 11) is 0. The molecule has 1 saturated carbocycles. The van der Waals surface area contributed by atoms with E-state index in [1.807, 2.05) is 0 Å². The molecule has 1 amide bonds. The lowest BCUT2D eigenvalue weighted by molar-refractivity contribution is -0.126. The summed E-state index contributed by atoms with van der Waals surface area (Å²) in [6.07, 6.45) is 3.90. The van der Waals surface area contributed by atoms with Gasteiger partial charge in [-0.3, -0.25) is 9.69 Å². The number of carbonyl (C=O) groups is 1. The largest absolute Gasteiger partial charge is 0.379 e. The third-order valence-electron chi connectivity index (χ3n) is 5.05. The lowest BCUT2D eigenvalue weighted by Gasteiger charge is -2.27. The molecule has 1 aromatic rings. The fourth-order valence-electron chi connectivity index (χ4n) is 3.65. The van der Waals surface area contributed by atoms with Crippen molar-refractivity contribution in [3.05, 3.63) is 35.4 Å². The second kappa shape index (κ2) is 8.60. The second-order valence-electron chi connectivity index (χ2n) is 7.05. The van der Waals surface area contributed by atoms with Gasteiger partial charge in [-0.05, 0) is 30.4 Å². The van der Waals surface area contributed by atoms with Gasteiger partial charge in [-0.1, -0.05) is 30.7 Å². The van der Waals surface area contributed by atoms with Gasteiger partial charge in [-0.15, -0.1) is 0 Å². The minimum atomic E-state index is 0.0882. The number of nitrogens with two attached hydrogens (primary N) is 1. The van der Waals surface area contributed by atoms with Gasteiger partial charge in [0.2, 0.25) is 5.91 Å². The van der Waals surface area contributed by atoms with Gasteiger partial charge in [0.15, 0.2) is 0 Å². The lowest BCUT2D eigenvalue weighted by atomic mass is 9.85. The maximum atomic E-state index is 12.3. The van der Waals surface area contributed by atoms with E-state index in [0.29, 0.717) is 6.54 Å². The van der Waals surface area contributed by atoms with Crippen LogP contribution in [0.1, 0.15) is 36.8 Å². The summed E-state index contributed by atoms with van der Waals surface area (Å²) in [6.45, 7) is 5.16. The predicted molar refractivity (Wildman–Crippen MR) is 94.3 cm³/mol. The van der Waals surface area contributed by atoms with Crippen molar-refractivity contribution in [2.45, 2.75) is 44.8 Å². The fraction of sp³-hybridized carbons (Fsp3) is 0.632. The molecule has 2 fully saturated rings. The van der Waals surface area contributed by atoms with Crippen molar-refractivity contribution in [3.63, 3.8) is 0 Å². The molecule has 3 N–H and O–H groups in total. The van der Waals surface area contributed by atoms with Crippen LogP contribution in [0.5, 0.6) is 0 Å². The number of rotatable bonds is 5. The van der Waals surface area contributed by atoms with Gasteiger partial charge in [0.05, 0.1) is 13.2 Å². The zero-order chi connectivity index (χ0) is 16.8. The maximum Gasteiger partial charge on any atom is 0.223 e. The highest BCUT2D eigenvalue weighted by molar-refractivity contribution is 5.78. The smallest absolute Gasteiger partial charge is 0.223 e. The molecule has 1 aliphatic carbocycles. The van der Waals surface area contributed by atoms with Crippen LogP contribution in [0.25, 0.3) is 0 Å². The monoisotopic (exact) mass is 331 g/mol. The number of amides is 1. The summed E-state index contributed by atoms with van der Waals surface area (Å²) in [6, 6.07) is 8.69. The highest BCUT2D eigenvalue weighted by Crippen LogP contribution is 2.23. The molecule has 1 heterocycles. The molecular weight excluding hydrogens is 302 g/mol. The molecule has 1 aliphatic heterocycles. The molecule has 0 spiro atoms. The third kappa shape index (κ3) is 5.03. The van der Waals surface area contributed by atoms with Crippen LogP contribution in [0.4, 0.5) is 0 Å². The van der Waals surface area contributed by atoms with Gasteiger partial charge in [-0.25, -0.2) is 0 Å². The summed E-state index contributed by atoms with van der Waals surface area (Å²) in [4.78, 5) is 14.7. The highest BCUT2D eigenvalue weighted by Gasteiger charge is 2.24. The summed E-state index contributed by atoms with van der Waals surface area (Å²) < 4.78 is 5.39. The number of carbonyl (C=O) groups excluding carboxylic acids is 1. The Bertz CT molecular complexity index is 543. The molecule has 5 nitrogen and oxygen atoms in total. The molecule has 2 aliphatic rings. The first-order valence-electron chi connectivity index (χ1n) is 9.12. The Kier molecular flexibility index (Phi) is 6.24. The average molecular weight is 331 g/mol. The van der Waals surface area contributed by atoms with Crippen molar-refractivity contribution < 1.29 is 9.53 Å². The van der Waals surface area contributed by atoms with Crippen molar-refractivity contribution in [1.82, 2.24) is 10.2 Å². The minimum Gasteiger partial charge on any atom is -0.379 e. The normalized spacial score (nSPS) is 25.4. The number of hydrogen-bond acceptors (Lipinski definition) is 4. The van der Waals surface area contributed by atoms with Crippen molar-refractivity contribution in [2.75, 3.05) is 26.3 Å². The standard InChI is InChI=1S/C19H29N3O2/c20-18-6-2-5-17(12-18)19(23)21-13-15-3-1-4-16(11-15)14-22-7-9-24-10-8-22/h1,3-4,11,17-18H,2,5-10,12-14,20H2,(H,21,23). The van der Waals surface area contributed by atoms with Crippen LogP contribution in [-0.2, 0) is 22.6 Å². The average Bonchev–Trinajstić information content (AvgIpc) is 2.61. The first kappa shape index (κ1) is 17.4. The number of nitrogens with zero attached hydrogens (tertiary/aromatic N) is 1. The fourth-order valence-corrected chi connectivity index (χ4v) is 3.65. The van der Waals surface area contributed by atoms with Crippen molar-refractivity contribution in [1.29, 1.82) is 0 Å². The number of morpholine rings is 1. The first-order chi connectivity index (χ1) is 11.7. The van der Waals surface area contributed by atoms with E-state index < -0.39 is 0 Å². The van der Waals surface area contributed by atoms with Crippen LogP contribution < -0.4 is 11.1 Å². The number of nitrogens with one attached hydrogen (secondary N) is 1. The molecule has 3 rings (SSSR count). The van der Waals surface area contributed by atoms with Gasteiger partial charge in [0.25, 0.3) is 0 Å². The first-order valence-corrected chi connectivity index (χ1v) is 9.12. The maximum absolute atomic E-state index is 12.3. The van der Waals surface area contributed by atoms with Gasteiger partial charge in [0, 0.05) is 38.1 Å². The van der Waals surface area contributed by atoms with Gasteiger partial charge < -0.3 is 15.8 Å². The van der Waals surface area contributed by atoms with Crippen molar-refractivity contribution in [2.24, 2.45) is 11.7 Å². The Labute approximate surface area is 144 Å². The number of ether oxygens (including phenoxy) is 1. The Morgan fingerprint density at radius 2 is 2.04 bits per heavy atom. The Balaban J connectivity index is 1.49. The summed E-state index contributed by atoms with van der Waals surface area (Å²) in [5.74, 6) is 0.244. The third-order valence-corrected chi connectivity index (χ3v) is 5.05. The molecule has 132 valence electrons. The quantitative estimate of drug-likeness (QED) is 0.861. The van der Waals surface area contributed by atoms with Crippen LogP contribution in [0, 0.1) is 5.92 Å². The van der Waals surface area contributed by atoms with Gasteiger partial charge in [0.1, 0.15) is 0 Å². The van der Waals surface area contributed by atoms with Crippen molar-refractivity contribution >= 4 is 5.91 Å². The molecule has 0 aromatic heterocycles. The van der Waals surface area contributed by atoms with E-state index in [2.05, 4.69) is 34.5 Å². The van der Waals surface area contributed by atoms with E-state index in [1.54, 1.807) is 0 Å². The Morgan fingerprint density at radius 3 is 2.83 bits per heavy atom. The van der Waals surface area contributed by atoms with E-state index in [9.17, 15) is 4.79 Å². The van der Waals surface area contributed by atoms with Gasteiger partial charge in [-0.2, -0.15) is 0 Å². The van der Waals surface area contributed by atoms with Crippen LogP contribution in [0.2, 0.25) is 0 Å². The zero-order valence-electron chi connectivity index (χ0n) is 14.4. The van der Waals surface area contributed by atoms with Crippen LogP contribution in [0.15, 0.2) is 24.3 Å². The molecule has 0 bridgehead atoms. The number of hydrogen-bond donors (Lipinski definition) is 2. The molecule has 1 aromatic carbocycles. The molecule has 0 radical (unpaired) electrons. The molecular formula is C19H29N3O2. The Hall–Kier alpha value is -1.43. The second-order valence-corrected chi connectivity index (χ2v) is 7.05. The summed E-state index contributed by atoms with van der Waals surface area (Å²) in [5, 5.41) is 3.09. The van der Waals surface area contributed by atoms with Crippen LogP contribution >= 0.6 is 0 Å². The number of benzene rings is 1. The van der Waals surface area contributed by atoms with E-state index >= 15 is 0 Å².